The zero-order valence-electron chi connectivity index (χ0n) is 11.8. The van der Waals surface area contributed by atoms with Crippen LogP contribution >= 0.6 is 11.6 Å². The Labute approximate surface area is 132 Å². The minimum Gasteiger partial charge on any atom is -0.480 e. The second-order valence-corrected chi connectivity index (χ2v) is 5.22. The van der Waals surface area contributed by atoms with Gasteiger partial charge in [-0.2, -0.15) is 0 Å². The van der Waals surface area contributed by atoms with Crippen molar-refractivity contribution in [2.75, 3.05) is 13.2 Å². The van der Waals surface area contributed by atoms with E-state index in [1.54, 1.807) is 18.2 Å². The molecule has 0 bridgehead atoms. The van der Waals surface area contributed by atoms with Gasteiger partial charge in [-0.3, -0.25) is 4.79 Å². The average Bonchev–Trinajstić information content (AvgIpc) is 2.89. The molecule has 2 N–H and O–H groups in total. The third kappa shape index (κ3) is 3.99. The molecule has 0 fully saturated rings. The lowest BCUT2D eigenvalue weighted by molar-refractivity contribution is -0.144. The van der Waals surface area contributed by atoms with Gasteiger partial charge in [-0.15, -0.1) is 6.58 Å². The number of rotatable bonds is 7. The molecule has 1 heterocycles. The Kier molecular flexibility index (Phi) is 5.41. The van der Waals surface area contributed by atoms with E-state index in [0.717, 1.165) is 5.56 Å². The van der Waals surface area contributed by atoms with Gasteiger partial charge < -0.3 is 19.9 Å². The van der Waals surface area contributed by atoms with Crippen molar-refractivity contribution in [2.45, 2.75) is 18.6 Å². The average molecular weight is 326 g/mol. The predicted octanol–water partition coefficient (Wildman–Crippen LogP) is 1.42. The molecule has 2 rings (SSSR count). The number of carboxylic acid groups (broad SMARTS) is 1. The van der Waals surface area contributed by atoms with Crippen LogP contribution in [0, 0.1) is 0 Å². The first-order chi connectivity index (χ1) is 10.5. The number of carboxylic acids is 1. The van der Waals surface area contributed by atoms with Crippen molar-refractivity contribution in [1.82, 2.24) is 5.32 Å². The SMILES string of the molecule is C=CCOCC(NC(=O)C1Cc2cc(Cl)ccc2O1)C(=O)O. The lowest BCUT2D eigenvalue weighted by Gasteiger charge is -2.17. The Balaban J connectivity index is 1.94. The fourth-order valence-electron chi connectivity index (χ4n) is 2.07. The highest BCUT2D eigenvalue weighted by Gasteiger charge is 2.32. The number of nitrogens with one attached hydrogen (secondary N) is 1. The van der Waals surface area contributed by atoms with Crippen LogP contribution in [-0.4, -0.2) is 42.3 Å². The highest BCUT2D eigenvalue weighted by Crippen LogP contribution is 2.31. The highest BCUT2D eigenvalue weighted by molar-refractivity contribution is 6.30. The third-order valence-electron chi connectivity index (χ3n) is 3.12. The quantitative estimate of drug-likeness (QED) is 0.585. The molecule has 2 atom stereocenters. The van der Waals surface area contributed by atoms with Gasteiger partial charge in [0.05, 0.1) is 13.2 Å². The Morgan fingerprint density at radius 1 is 1.59 bits per heavy atom. The topological polar surface area (TPSA) is 84.9 Å². The van der Waals surface area contributed by atoms with Gasteiger partial charge in [-0.25, -0.2) is 4.79 Å². The molecule has 2 unspecified atom stereocenters. The summed E-state index contributed by atoms with van der Waals surface area (Å²) >= 11 is 5.89. The molecule has 7 heteroatoms. The zero-order chi connectivity index (χ0) is 16.1. The minimum atomic E-state index is -1.17. The normalized spacial score (nSPS) is 17.2. The van der Waals surface area contributed by atoms with E-state index < -0.39 is 24.0 Å². The molecule has 0 aliphatic carbocycles. The van der Waals surface area contributed by atoms with Crippen molar-refractivity contribution in [3.8, 4) is 5.75 Å². The van der Waals surface area contributed by atoms with Gasteiger partial charge in [0.2, 0.25) is 0 Å². The van der Waals surface area contributed by atoms with Crippen molar-refractivity contribution in [2.24, 2.45) is 0 Å². The molecule has 1 aliphatic heterocycles. The van der Waals surface area contributed by atoms with Crippen LogP contribution in [0.1, 0.15) is 5.56 Å². The summed E-state index contributed by atoms with van der Waals surface area (Å²) < 4.78 is 10.6. The summed E-state index contributed by atoms with van der Waals surface area (Å²) in [7, 11) is 0. The fourth-order valence-corrected chi connectivity index (χ4v) is 2.27. The van der Waals surface area contributed by atoms with Crippen LogP contribution in [0.15, 0.2) is 30.9 Å². The van der Waals surface area contributed by atoms with Gasteiger partial charge in [0.15, 0.2) is 12.1 Å². The third-order valence-corrected chi connectivity index (χ3v) is 3.36. The maximum atomic E-state index is 12.1. The van der Waals surface area contributed by atoms with Gasteiger partial charge in [0, 0.05) is 11.4 Å². The monoisotopic (exact) mass is 325 g/mol. The molecule has 0 aromatic heterocycles. The van der Waals surface area contributed by atoms with Crippen molar-refractivity contribution in [3.05, 3.63) is 41.4 Å². The van der Waals surface area contributed by atoms with Crippen LogP contribution in [0.5, 0.6) is 5.75 Å². The van der Waals surface area contributed by atoms with E-state index in [0.29, 0.717) is 17.2 Å². The molecule has 1 aromatic carbocycles. The molecular formula is C15H16ClNO5. The summed E-state index contributed by atoms with van der Waals surface area (Å²) in [6.45, 7) is 3.54. The first-order valence-electron chi connectivity index (χ1n) is 6.68. The summed E-state index contributed by atoms with van der Waals surface area (Å²) in [4.78, 5) is 23.3. The lowest BCUT2D eigenvalue weighted by atomic mass is 10.1. The molecule has 0 radical (unpaired) electrons. The minimum absolute atomic E-state index is 0.140. The Morgan fingerprint density at radius 3 is 3.05 bits per heavy atom. The molecule has 1 aliphatic rings. The largest absolute Gasteiger partial charge is 0.480 e. The first kappa shape index (κ1) is 16.3. The Bertz CT molecular complexity index is 589. The summed E-state index contributed by atoms with van der Waals surface area (Å²) in [5.74, 6) is -1.09. The summed E-state index contributed by atoms with van der Waals surface area (Å²) in [6, 6.07) is 3.95. The van der Waals surface area contributed by atoms with Crippen molar-refractivity contribution in [3.63, 3.8) is 0 Å². The van der Waals surface area contributed by atoms with E-state index in [1.807, 2.05) is 0 Å². The number of fused-ring (bicyclic) bond motifs is 1. The molecule has 1 aromatic rings. The van der Waals surface area contributed by atoms with Gasteiger partial charge in [-0.05, 0) is 23.8 Å². The van der Waals surface area contributed by atoms with Gasteiger partial charge in [0.25, 0.3) is 5.91 Å². The standard InChI is InChI=1S/C15H16ClNO5/c1-2-5-21-8-11(15(19)20)17-14(18)13-7-9-6-10(16)3-4-12(9)22-13/h2-4,6,11,13H,1,5,7-8H2,(H,17,18)(H,19,20). The molecule has 1 amide bonds. The molecule has 118 valence electrons. The second-order valence-electron chi connectivity index (χ2n) is 4.79. The molecule has 6 nitrogen and oxygen atoms in total. The van der Waals surface area contributed by atoms with Crippen molar-refractivity contribution < 1.29 is 24.2 Å². The molecule has 0 spiro atoms. The van der Waals surface area contributed by atoms with Crippen LogP contribution in [0.25, 0.3) is 0 Å². The lowest BCUT2D eigenvalue weighted by Crippen LogP contribution is -2.49. The van der Waals surface area contributed by atoms with E-state index >= 15 is 0 Å². The highest BCUT2D eigenvalue weighted by atomic mass is 35.5. The number of aliphatic carboxylic acids is 1. The van der Waals surface area contributed by atoms with E-state index in [-0.39, 0.29) is 13.2 Å². The maximum Gasteiger partial charge on any atom is 0.328 e. The Hall–Kier alpha value is -2.05. The summed E-state index contributed by atoms with van der Waals surface area (Å²) in [5.41, 5.74) is 0.822. The maximum absolute atomic E-state index is 12.1. The van der Waals surface area contributed by atoms with Crippen LogP contribution in [0.3, 0.4) is 0 Å². The number of hydrogen-bond acceptors (Lipinski definition) is 4. The summed E-state index contributed by atoms with van der Waals surface area (Å²) in [5, 5.41) is 12.1. The number of amides is 1. The number of ether oxygens (including phenoxy) is 2. The van der Waals surface area contributed by atoms with Crippen molar-refractivity contribution >= 4 is 23.5 Å². The van der Waals surface area contributed by atoms with Crippen LogP contribution in [0.4, 0.5) is 0 Å². The van der Waals surface area contributed by atoms with Crippen LogP contribution < -0.4 is 10.1 Å². The number of halogens is 1. The van der Waals surface area contributed by atoms with E-state index in [9.17, 15) is 9.59 Å². The van der Waals surface area contributed by atoms with Gasteiger partial charge >= 0.3 is 5.97 Å². The smallest absolute Gasteiger partial charge is 0.328 e. The molecular weight excluding hydrogens is 310 g/mol. The molecule has 22 heavy (non-hydrogen) atoms. The number of carbonyl (C=O) groups is 2. The fraction of sp³-hybridized carbons (Fsp3) is 0.333. The van der Waals surface area contributed by atoms with E-state index in [2.05, 4.69) is 11.9 Å². The zero-order valence-corrected chi connectivity index (χ0v) is 12.5. The number of hydrogen-bond donors (Lipinski definition) is 2. The van der Waals surface area contributed by atoms with Gasteiger partial charge in [-0.1, -0.05) is 17.7 Å². The van der Waals surface area contributed by atoms with Crippen LogP contribution in [0.2, 0.25) is 5.02 Å². The first-order valence-corrected chi connectivity index (χ1v) is 7.06. The second kappa shape index (κ2) is 7.29. The van der Waals surface area contributed by atoms with Crippen LogP contribution in [-0.2, 0) is 20.7 Å². The molecule has 0 saturated carbocycles. The predicted molar refractivity (Wildman–Crippen MR) is 80.2 cm³/mol. The van der Waals surface area contributed by atoms with Gasteiger partial charge in [0.1, 0.15) is 5.75 Å². The number of benzene rings is 1. The van der Waals surface area contributed by atoms with Crippen molar-refractivity contribution in [1.29, 1.82) is 0 Å². The van der Waals surface area contributed by atoms with E-state index in [1.165, 1.54) is 6.08 Å². The number of carbonyl (C=O) groups excluding carboxylic acids is 1. The molecule has 0 saturated heterocycles. The Morgan fingerprint density at radius 2 is 2.36 bits per heavy atom. The van der Waals surface area contributed by atoms with E-state index in [4.69, 9.17) is 26.2 Å². The summed E-state index contributed by atoms with van der Waals surface area (Å²) in [6.07, 6.45) is 1.08.